The molecule has 0 bridgehead atoms. The van der Waals surface area contributed by atoms with Crippen molar-refractivity contribution >= 4 is 29.3 Å². The summed E-state index contributed by atoms with van der Waals surface area (Å²) in [7, 11) is 1.63. The summed E-state index contributed by atoms with van der Waals surface area (Å²) in [5.41, 5.74) is -0.777. The van der Waals surface area contributed by atoms with Gasteiger partial charge in [-0.05, 0) is 44.9 Å². The Hall–Kier alpha value is -2.13. The van der Waals surface area contributed by atoms with Crippen molar-refractivity contribution in [2.75, 3.05) is 7.05 Å². The summed E-state index contributed by atoms with van der Waals surface area (Å²) in [5.74, 6) is -0.896. The second-order valence-corrected chi connectivity index (χ2v) is 7.78. The fourth-order valence-electron chi connectivity index (χ4n) is 3.10. The zero-order valence-corrected chi connectivity index (χ0v) is 15.8. The molecule has 1 aromatic heterocycles. The third-order valence-corrected chi connectivity index (χ3v) is 5.61. The number of likely N-dealkylation sites (N-methyl/N-ethyl adjacent to an activating group) is 1. The molecule has 1 saturated carbocycles. The zero-order valence-electron chi connectivity index (χ0n) is 14.9. The Morgan fingerprint density at radius 3 is 2.60 bits per heavy atom. The maximum absolute atomic E-state index is 12.6. The Balaban J connectivity index is 1.95. The first-order chi connectivity index (χ1) is 11.9. The number of thiophene rings is 1. The zero-order chi connectivity index (χ0) is 18.4. The fourth-order valence-corrected chi connectivity index (χ4v) is 3.88. The smallest absolute Gasteiger partial charge is 0.331 e. The second-order valence-electron chi connectivity index (χ2n) is 6.46. The monoisotopic (exact) mass is 360 g/mol. The molecule has 1 fully saturated rings. The van der Waals surface area contributed by atoms with E-state index in [1.807, 2.05) is 19.1 Å². The van der Waals surface area contributed by atoms with E-state index in [4.69, 9.17) is 4.74 Å². The molecular weight excluding hydrogens is 336 g/mol. The molecule has 1 aromatic rings. The van der Waals surface area contributed by atoms with Crippen LogP contribution in [0.2, 0.25) is 0 Å². The lowest BCUT2D eigenvalue weighted by Gasteiger charge is -2.39. The molecule has 0 spiro atoms. The predicted octanol–water partition coefficient (Wildman–Crippen LogP) is 3.69. The Morgan fingerprint density at radius 1 is 1.36 bits per heavy atom. The molecule has 1 atom stereocenters. The molecule has 0 radical (unpaired) electrons. The van der Waals surface area contributed by atoms with Crippen LogP contribution < -0.4 is 0 Å². The molecule has 134 valence electrons. The van der Waals surface area contributed by atoms with Gasteiger partial charge in [0, 0.05) is 22.9 Å². The highest BCUT2D eigenvalue weighted by molar-refractivity contribution is 7.12. The van der Waals surface area contributed by atoms with Gasteiger partial charge in [0.2, 0.25) is 0 Å². The standard InChI is InChI=1S/C19H24N2O3S/c1-14-7-8-16(25-14)9-10-17(22)24-15(2)18(23)21(3)19(13-20)11-5-4-6-12-19/h7-10,15H,4-6,11-12H2,1-3H3/b10-9+/t15-/m0/s1. The number of esters is 1. The van der Waals surface area contributed by atoms with E-state index < -0.39 is 17.6 Å². The number of nitriles is 1. The molecule has 5 nitrogen and oxygen atoms in total. The molecule has 1 aliphatic carbocycles. The van der Waals surface area contributed by atoms with Gasteiger partial charge in [-0.1, -0.05) is 19.3 Å². The second kappa shape index (κ2) is 8.30. The molecular formula is C19H24N2O3S. The maximum Gasteiger partial charge on any atom is 0.331 e. The summed E-state index contributed by atoms with van der Waals surface area (Å²) in [6.07, 6.45) is 6.38. The Bertz CT molecular complexity index is 696. The van der Waals surface area contributed by atoms with Crippen LogP contribution in [0.25, 0.3) is 6.08 Å². The largest absolute Gasteiger partial charge is 0.449 e. The lowest BCUT2D eigenvalue weighted by Crippen LogP contribution is -2.53. The molecule has 0 aromatic carbocycles. The van der Waals surface area contributed by atoms with E-state index in [1.54, 1.807) is 31.4 Å². The topological polar surface area (TPSA) is 70.4 Å². The fraction of sp³-hybridized carbons (Fsp3) is 0.526. The predicted molar refractivity (Wildman–Crippen MR) is 97.8 cm³/mol. The van der Waals surface area contributed by atoms with E-state index >= 15 is 0 Å². The van der Waals surface area contributed by atoms with E-state index in [-0.39, 0.29) is 5.91 Å². The minimum atomic E-state index is -0.917. The number of hydrogen-bond acceptors (Lipinski definition) is 5. The van der Waals surface area contributed by atoms with E-state index in [9.17, 15) is 14.9 Å². The molecule has 0 aliphatic heterocycles. The highest BCUT2D eigenvalue weighted by Gasteiger charge is 2.40. The number of carbonyl (C=O) groups is 2. The Kier molecular flexibility index (Phi) is 6.38. The number of hydrogen-bond donors (Lipinski definition) is 0. The summed E-state index contributed by atoms with van der Waals surface area (Å²) in [5, 5.41) is 9.58. The number of nitrogens with zero attached hydrogens (tertiary/aromatic N) is 2. The van der Waals surface area contributed by atoms with Gasteiger partial charge in [-0.25, -0.2) is 4.79 Å². The van der Waals surface area contributed by atoms with Crippen molar-refractivity contribution in [2.45, 2.75) is 57.6 Å². The van der Waals surface area contributed by atoms with Gasteiger partial charge < -0.3 is 9.64 Å². The average molecular weight is 360 g/mol. The number of amides is 1. The average Bonchev–Trinajstić information content (AvgIpc) is 3.04. The van der Waals surface area contributed by atoms with E-state index in [0.29, 0.717) is 12.8 Å². The van der Waals surface area contributed by atoms with Gasteiger partial charge >= 0.3 is 5.97 Å². The summed E-state index contributed by atoms with van der Waals surface area (Å²) in [6.45, 7) is 3.54. The van der Waals surface area contributed by atoms with Crippen molar-refractivity contribution in [3.8, 4) is 6.07 Å². The SMILES string of the molecule is Cc1ccc(/C=C/C(=O)O[C@@H](C)C(=O)N(C)C2(C#N)CCCCC2)s1. The summed E-state index contributed by atoms with van der Waals surface area (Å²) in [4.78, 5) is 28.1. The highest BCUT2D eigenvalue weighted by Crippen LogP contribution is 2.32. The van der Waals surface area contributed by atoms with Crippen LogP contribution in [0.1, 0.15) is 48.8 Å². The number of aryl methyl sites for hydroxylation is 1. The van der Waals surface area contributed by atoms with Crippen LogP contribution in [0.4, 0.5) is 0 Å². The molecule has 1 heterocycles. The molecule has 25 heavy (non-hydrogen) atoms. The van der Waals surface area contributed by atoms with Gasteiger partial charge in [0.25, 0.3) is 5.91 Å². The molecule has 0 saturated heterocycles. The third-order valence-electron chi connectivity index (χ3n) is 4.65. The van der Waals surface area contributed by atoms with Crippen LogP contribution in [-0.4, -0.2) is 35.5 Å². The van der Waals surface area contributed by atoms with Crippen LogP contribution in [0.15, 0.2) is 18.2 Å². The molecule has 1 amide bonds. The van der Waals surface area contributed by atoms with Crippen molar-refractivity contribution < 1.29 is 14.3 Å². The van der Waals surface area contributed by atoms with E-state index in [0.717, 1.165) is 29.0 Å². The summed E-state index contributed by atoms with van der Waals surface area (Å²) >= 11 is 1.58. The first-order valence-corrected chi connectivity index (χ1v) is 9.34. The van der Waals surface area contributed by atoms with Crippen molar-refractivity contribution in [3.63, 3.8) is 0 Å². The number of ether oxygens (including phenoxy) is 1. The van der Waals surface area contributed by atoms with Crippen molar-refractivity contribution in [1.29, 1.82) is 5.26 Å². The van der Waals surface area contributed by atoms with E-state index in [1.165, 1.54) is 11.0 Å². The quantitative estimate of drug-likeness (QED) is 0.593. The van der Waals surface area contributed by atoms with Crippen molar-refractivity contribution in [2.24, 2.45) is 0 Å². The van der Waals surface area contributed by atoms with Gasteiger partial charge in [-0.3, -0.25) is 4.79 Å². The molecule has 6 heteroatoms. The minimum absolute atomic E-state index is 0.336. The minimum Gasteiger partial charge on any atom is -0.449 e. The van der Waals surface area contributed by atoms with Gasteiger partial charge in [-0.15, -0.1) is 11.3 Å². The normalized spacial score (nSPS) is 17.7. The molecule has 2 rings (SSSR count). The first kappa shape index (κ1) is 19.2. The summed E-state index contributed by atoms with van der Waals surface area (Å²) in [6, 6.07) is 6.20. The molecule has 0 N–H and O–H groups in total. The number of rotatable bonds is 5. The van der Waals surface area contributed by atoms with Crippen LogP contribution in [0.5, 0.6) is 0 Å². The van der Waals surface area contributed by atoms with Gasteiger partial charge in [0.1, 0.15) is 5.54 Å². The van der Waals surface area contributed by atoms with Gasteiger partial charge in [-0.2, -0.15) is 5.26 Å². The van der Waals surface area contributed by atoms with Crippen molar-refractivity contribution in [3.05, 3.63) is 28.0 Å². The van der Waals surface area contributed by atoms with Crippen LogP contribution in [0.3, 0.4) is 0 Å². The van der Waals surface area contributed by atoms with Crippen LogP contribution in [-0.2, 0) is 14.3 Å². The van der Waals surface area contributed by atoms with Crippen LogP contribution in [0, 0.1) is 18.3 Å². The lowest BCUT2D eigenvalue weighted by atomic mass is 9.81. The van der Waals surface area contributed by atoms with Gasteiger partial charge in [0.05, 0.1) is 6.07 Å². The maximum atomic E-state index is 12.6. The Morgan fingerprint density at radius 2 is 2.04 bits per heavy atom. The van der Waals surface area contributed by atoms with Crippen molar-refractivity contribution in [1.82, 2.24) is 4.90 Å². The van der Waals surface area contributed by atoms with Crippen LogP contribution >= 0.6 is 11.3 Å². The molecule has 0 unspecified atom stereocenters. The van der Waals surface area contributed by atoms with Gasteiger partial charge in [0.15, 0.2) is 6.10 Å². The molecule has 1 aliphatic rings. The van der Waals surface area contributed by atoms with E-state index in [2.05, 4.69) is 6.07 Å². The highest BCUT2D eigenvalue weighted by atomic mass is 32.1. The first-order valence-electron chi connectivity index (χ1n) is 8.52. The number of carbonyl (C=O) groups excluding carboxylic acids is 2. The lowest BCUT2D eigenvalue weighted by molar-refractivity contribution is -0.157. The Labute approximate surface area is 152 Å². The summed E-state index contributed by atoms with van der Waals surface area (Å²) < 4.78 is 5.22. The third kappa shape index (κ3) is 4.70.